The van der Waals surface area contributed by atoms with E-state index in [0.29, 0.717) is 11.1 Å². The molecule has 1 aromatic rings. The molecule has 0 saturated heterocycles. The predicted molar refractivity (Wildman–Crippen MR) is 49.9 cm³/mol. The zero-order chi connectivity index (χ0) is 10.0. The first kappa shape index (κ1) is 9.73. The largest absolute Gasteiger partial charge is 0.207 e. The normalized spacial score (nSPS) is 10.2. The van der Waals surface area contributed by atoms with Crippen LogP contribution in [0.15, 0.2) is 12.1 Å². The molecule has 0 unspecified atom stereocenters. The van der Waals surface area contributed by atoms with E-state index in [1.54, 1.807) is 6.07 Å². The SMILES string of the molecule is Cc1cc(C#N)cc(F)c1C(C)C. The third kappa shape index (κ3) is 1.86. The van der Waals surface area contributed by atoms with Gasteiger partial charge in [-0.2, -0.15) is 5.26 Å². The quantitative estimate of drug-likeness (QED) is 0.646. The Kier molecular flexibility index (Phi) is 2.67. The monoisotopic (exact) mass is 177 g/mol. The van der Waals surface area contributed by atoms with Crippen molar-refractivity contribution in [2.45, 2.75) is 26.7 Å². The minimum Gasteiger partial charge on any atom is -0.207 e. The van der Waals surface area contributed by atoms with Crippen LogP contribution in [0.1, 0.15) is 36.5 Å². The van der Waals surface area contributed by atoms with Crippen LogP contribution in [0.2, 0.25) is 0 Å². The molecule has 0 atom stereocenters. The number of nitriles is 1. The summed E-state index contributed by atoms with van der Waals surface area (Å²) in [6, 6.07) is 4.95. The predicted octanol–water partition coefficient (Wildman–Crippen LogP) is 3.13. The lowest BCUT2D eigenvalue weighted by atomic mass is 9.96. The van der Waals surface area contributed by atoms with E-state index in [1.807, 2.05) is 26.8 Å². The summed E-state index contributed by atoms with van der Waals surface area (Å²) in [4.78, 5) is 0. The summed E-state index contributed by atoms with van der Waals surface area (Å²) in [6.07, 6.45) is 0. The number of rotatable bonds is 1. The van der Waals surface area contributed by atoms with Gasteiger partial charge in [0.15, 0.2) is 0 Å². The fourth-order valence-electron chi connectivity index (χ4n) is 1.55. The summed E-state index contributed by atoms with van der Waals surface area (Å²) in [5.41, 5.74) is 1.95. The zero-order valence-corrected chi connectivity index (χ0v) is 8.06. The molecule has 0 radical (unpaired) electrons. The third-order valence-electron chi connectivity index (χ3n) is 2.04. The van der Waals surface area contributed by atoms with Crippen molar-refractivity contribution >= 4 is 0 Å². The number of benzene rings is 1. The van der Waals surface area contributed by atoms with E-state index in [9.17, 15) is 4.39 Å². The molecule has 0 amide bonds. The van der Waals surface area contributed by atoms with Gasteiger partial charge in [-0.3, -0.25) is 0 Å². The topological polar surface area (TPSA) is 23.8 Å². The van der Waals surface area contributed by atoms with E-state index in [1.165, 1.54) is 6.07 Å². The van der Waals surface area contributed by atoms with Crippen molar-refractivity contribution in [2.75, 3.05) is 0 Å². The van der Waals surface area contributed by atoms with Gasteiger partial charge in [0.1, 0.15) is 5.82 Å². The van der Waals surface area contributed by atoms with Crippen LogP contribution in [-0.2, 0) is 0 Å². The first-order valence-electron chi connectivity index (χ1n) is 4.26. The van der Waals surface area contributed by atoms with Gasteiger partial charge in [-0.25, -0.2) is 4.39 Å². The second-order valence-corrected chi connectivity index (χ2v) is 3.46. The molecule has 1 nitrogen and oxygen atoms in total. The van der Waals surface area contributed by atoms with Crippen LogP contribution in [-0.4, -0.2) is 0 Å². The smallest absolute Gasteiger partial charge is 0.128 e. The molecule has 1 aromatic carbocycles. The van der Waals surface area contributed by atoms with Gasteiger partial charge >= 0.3 is 0 Å². The minimum atomic E-state index is -0.272. The Bertz CT molecular complexity index is 338. The Morgan fingerprint density at radius 3 is 2.38 bits per heavy atom. The molecule has 68 valence electrons. The van der Waals surface area contributed by atoms with Gasteiger partial charge in [-0.1, -0.05) is 13.8 Å². The molecule has 0 spiro atoms. The number of hydrogen-bond donors (Lipinski definition) is 0. The number of hydrogen-bond acceptors (Lipinski definition) is 1. The van der Waals surface area contributed by atoms with Crippen LogP contribution < -0.4 is 0 Å². The summed E-state index contributed by atoms with van der Waals surface area (Å²) >= 11 is 0. The summed E-state index contributed by atoms with van der Waals surface area (Å²) in [5, 5.41) is 8.60. The zero-order valence-electron chi connectivity index (χ0n) is 8.06. The highest BCUT2D eigenvalue weighted by molar-refractivity contribution is 5.39. The summed E-state index contributed by atoms with van der Waals surface area (Å²) in [5.74, 6) is -0.112. The molecular formula is C11H12FN. The summed E-state index contributed by atoms with van der Waals surface area (Å²) in [7, 11) is 0. The second kappa shape index (κ2) is 3.57. The molecule has 0 N–H and O–H groups in total. The maximum Gasteiger partial charge on any atom is 0.128 e. The van der Waals surface area contributed by atoms with E-state index < -0.39 is 0 Å². The molecule has 2 heteroatoms. The van der Waals surface area contributed by atoms with Gasteiger partial charge in [-0.15, -0.1) is 0 Å². The number of halogens is 1. The molecule has 0 bridgehead atoms. The van der Waals surface area contributed by atoms with Crippen LogP contribution in [0.4, 0.5) is 4.39 Å². The van der Waals surface area contributed by atoms with Gasteiger partial charge in [0.05, 0.1) is 11.6 Å². The standard InChI is InChI=1S/C11H12FN/c1-7(2)11-8(3)4-9(6-13)5-10(11)12/h4-5,7H,1-3H3. The van der Waals surface area contributed by atoms with Crippen molar-refractivity contribution in [1.82, 2.24) is 0 Å². The third-order valence-corrected chi connectivity index (χ3v) is 2.04. The summed E-state index contributed by atoms with van der Waals surface area (Å²) < 4.78 is 13.4. The Hall–Kier alpha value is -1.36. The molecule has 0 aliphatic carbocycles. The summed E-state index contributed by atoms with van der Waals surface area (Å²) in [6.45, 7) is 5.72. The van der Waals surface area contributed by atoms with Crippen LogP contribution in [0.5, 0.6) is 0 Å². The highest BCUT2D eigenvalue weighted by Crippen LogP contribution is 2.23. The Balaban J connectivity index is 3.33. The van der Waals surface area contributed by atoms with Gasteiger partial charge in [-0.05, 0) is 36.1 Å². The highest BCUT2D eigenvalue weighted by Gasteiger charge is 2.10. The first-order chi connectivity index (χ1) is 6.06. The average Bonchev–Trinajstić information content (AvgIpc) is 2.02. The van der Waals surface area contributed by atoms with Crippen LogP contribution in [0.25, 0.3) is 0 Å². The van der Waals surface area contributed by atoms with E-state index in [4.69, 9.17) is 5.26 Å². The molecule has 0 heterocycles. The van der Waals surface area contributed by atoms with E-state index in [0.717, 1.165) is 5.56 Å². The van der Waals surface area contributed by atoms with E-state index in [-0.39, 0.29) is 11.7 Å². The van der Waals surface area contributed by atoms with Crippen molar-refractivity contribution < 1.29 is 4.39 Å². The lowest BCUT2D eigenvalue weighted by molar-refractivity contribution is 0.595. The van der Waals surface area contributed by atoms with Crippen LogP contribution in [0, 0.1) is 24.1 Å². The van der Waals surface area contributed by atoms with Gasteiger partial charge < -0.3 is 0 Å². The Morgan fingerprint density at radius 1 is 1.38 bits per heavy atom. The van der Waals surface area contributed by atoms with Crippen LogP contribution in [0.3, 0.4) is 0 Å². The maximum absolute atomic E-state index is 13.4. The number of nitrogens with zero attached hydrogens (tertiary/aromatic N) is 1. The minimum absolute atomic E-state index is 0.160. The van der Waals surface area contributed by atoms with Crippen molar-refractivity contribution in [3.05, 3.63) is 34.6 Å². The second-order valence-electron chi connectivity index (χ2n) is 3.46. The van der Waals surface area contributed by atoms with Crippen molar-refractivity contribution in [3.8, 4) is 6.07 Å². The fraction of sp³-hybridized carbons (Fsp3) is 0.364. The van der Waals surface area contributed by atoms with Crippen LogP contribution >= 0.6 is 0 Å². The van der Waals surface area contributed by atoms with Crippen molar-refractivity contribution in [3.63, 3.8) is 0 Å². The molecule has 0 saturated carbocycles. The number of aryl methyl sites for hydroxylation is 1. The molecule has 0 aliphatic rings. The van der Waals surface area contributed by atoms with Crippen molar-refractivity contribution in [2.24, 2.45) is 0 Å². The highest BCUT2D eigenvalue weighted by atomic mass is 19.1. The lowest BCUT2D eigenvalue weighted by Gasteiger charge is -2.10. The fourth-order valence-corrected chi connectivity index (χ4v) is 1.55. The Labute approximate surface area is 77.8 Å². The molecule has 0 aromatic heterocycles. The van der Waals surface area contributed by atoms with Gasteiger partial charge in [0.25, 0.3) is 0 Å². The van der Waals surface area contributed by atoms with E-state index >= 15 is 0 Å². The molecule has 1 rings (SSSR count). The van der Waals surface area contributed by atoms with Crippen molar-refractivity contribution in [1.29, 1.82) is 5.26 Å². The molecule has 0 fully saturated rings. The molecule has 13 heavy (non-hydrogen) atoms. The first-order valence-corrected chi connectivity index (χ1v) is 4.26. The van der Waals surface area contributed by atoms with Gasteiger partial charge in [0.2, 0.25) is 0 Å². The maximum atomic E-state index is 13.4. The lowest BCUT2D eigenvalue weighted by Crippen LogP contribution is -1.97. The average molecular weight is 177 g/mol. The van der Waals surface area contributed by atoms with E-state index in [2.05, 4.69) is 0 Å². The molecular weight excluding hydrogens is 165 g/mol. The van der Waals surface area contributed by atoms with Gasteiger partial charge in [0, 0.05) is 0 Å². The molecule has 0 aliphatic heterocycles. The Morgan fingerprint density at radius 2 is 2.00 bits per heavy atom.